The van der Waals surface area contributed by atoms with E-state index in [-0.39, 0.29) is 0 Å². The highest BCUT2D eigenvalue weighted by Gasteiger charge is 2.25. The third kappa shape index (κ3) is 7.64. The lowest BCUT2D eigenvalue weighted by molar-refractivity contribution is 0.0421. The molecule has 134 valence electrons. The van der Waals surface area contributed by atoms with Gasteiger partial charge in [-0.2, -0.15) is 0 Å². The van der Waals surface area contributed by atoms with Gasteiger partial charge in [0.25, 0.3) is 0 Å². The molecule has 0 aliphatic heterocycles. The van der Waals surface area contributed by atoms with Crippen molar-refractivity contribution in [3.8, 4) is 0 Å². The Morgan fingerprint density at radius 2 is 1.83 bits per heavy atom. The fourth-order valence-electron chi connectivity index (χ4n) is 2.26. The Labute approximate surface area is 145 Å². The first-order valence-electron chi connectivity index (χ1n) is 8.47. The van der Waals surface area contributed by atoms with Gasteiger partial charge in [-0.15, -0.1) is 0 Å². The molecule has 2 N–H and O–H groups in total. The van der Waals surface area contributed by atoms with Crippen LogP contribution in [-0.2, 0) is 11.2 Å². The molecule has 1 aromatic rings. The topological polar surface area (TPSA) is 58.6 Å². The highest BCUT2D eigenvalue weighted by molar-refractivity contribution is 5.68. The number of rotatable bonds is 7. The molecule has 4 nitrogen and oxygen atoms in total. The van der Waals surface area contributed by atoms with Gasteiger partial charge >= 0.3 is 6.09 Å². The summed E-state index contributed by atoms with van der Waals surface area (Å²) in [5, 5.41) is 13.4. The second-order valence-electron chi connectivity index (χ2n) is 7.53. The largest absolute Gasteiger partial charge is 0.444 e. The summed E-state index contributed by atoms with van der Waals surface area (Å²) in [4.78, 5) is 12.1. The van der Waals surface area contributed by atoms with E-state index in [9.17, 15) is 9.90 Å². The van der Waals surface area contributed by atoms with E-state index in [1.165, 1.54) is 0 Å². The summed E-state index contributed by atoms with van der Waals surface area (Å²) < 4.78 is 5.32. The molecule has 0 bridgehead atoms. The average Bonchev–Trinajstić information content (AvgIpc) is 2.45. The van der Waals surface area contributed by atoms with Crippen molar-refractivity contribution >= 4 is 6.09 Å². The second-order valence-corrected chi connectivity index (χ2v) is 7.53. The normalized spacial score (nSPS) is 14.1. The molecule has 2 atom stereocenters. The van der Waals surface area contributed by atoms with E-state index in [0.29, 0.717) is 18.8 Å². The molecule has 1 aromatic carbocycles. The van der Waals surface area contributed by atoms with Crippen LogP contribution in [0.3, 0.4) is 0 Å². The van der Waals surface area contributed by atoms with Gasteiger partial charge in [0, 0.05) is 0 Å². The Balaban J connectivity index is 2.82. The summed E-state index contributed by atoms with van der Waals surface area (Å²) in [6, 6.07) is 9.36. The van der Waals surface area contributed by atoms with E-state index in [2.05, 4.69) is 11.9 Å². The molecular formula is C20H31NO3. The minimum absolute atomic E-state index is 0.290. The van der Waals surface area contributed by atoms with Crippen LogP contribution in [0.4, 0.5) is 4.79 Å². The molecule has 0 aromatic heterocycles. The van der Waals surface area contributed by atoms with E-state index in [1.54, 1.807) is 0 Å². The zero-order valence-electron chi connectivity index (χ0n) is 15.5. The maximum absolute atomic E-state index is 12.1. The van der Waals surface area contributed by atoms with Gasteiger partial charge in [0.2, 0.25) is 0 Å². The van der Waals surface area contributed by atoms with Crippen molar-refractivity contribution in [2.75, 3.05) is 0 Å². The molecule has 0 saturated heterocycles. The number of ether oxygens (including phenoxy) is 1. The summed E-state index contributed by atoms with van der Waals surface area (Å²) in [6.07, 6.45) is -0.248. The lowest BCUT2D eigenvalue weighted by Gasteiger charge is -2.28. The fraction of sp³-hybridized carbons (Fsp3) is 0.550. The molecule has 0 fully saturated rings. The second kappa shape index (κ2) is 8.88. The minimum Gasteiger partial charge on any atom is -0.444 e. The third-order valence-electron chi connectivity index (χ3n) is 3.75. The number of hydrogen-bond acceptors (Lipinski definition) is 3. The Kier molecular flexibility index (Phi) is 7.49. The fourth-order valence-corrected chi connectivity index (χ4v) is 2.26. The van der Waals surface area contributed by atoms with Gasteiger partial charge in [-0.3, -0.25) is 0 Å². The SMILES string of the molecule is C=C(C[C@@H](O)[C@H](Cc1ccccc1)NC(=O)OC(C)(C)C)C(C)C. The Hall–Kier alpha value is -1.81. The van der Waals surface area contributed by atoms with Crippen molar-refractivity contribution in [1.82, 2.24) is 5.32 Å². The predicted molar refractivity (Wildman–Crippen MR) is 97.9 cm³/mol. The summed E-state index contributed by atoms with van der Waals surface area (Å²) in [6.45, 7) is 13.6. The van der Waals surface area contributed by atoms with Crippen molar-refractivity contribution in [3.63, 3.8) is 0 Å². The quantitative estimate of drug-likeness (QED) is 0.739. The van der Waals surface area contributed by atoms with Crippen LogP contribution >= 0.6 is 0 Å². The molecule has 4 heteroatoms. The van der Waals surface area contributed by atoms with Gasteiger partial charge in [0.15, 0.2) is 0 Å². The van der Waals surface area contributed by atoms with Crippen molar-refractivity contribution in [2.45, 2.75) is 65.2 Å². The molecule has 1 amide bonds. The average molecular weight is 333 g/mol. The van der Waals surface area contributed by atoms with Gasteiger partial charge in [-0.05, 0) is 45.1 Å². The lowest BCUT2D eigenvalue weighted by atomic mass is 9.93. The zero-order chi connectivity index (χ0) is 18.3. The zero-order valence-corrected chi connectivity index (χ0v) is 15.5. The van der Waals surface area contributed by atoms with Crippen LogP contribution in [0, 0.1) is 5.92 Å². The smallest absolute Gasteiger partial charge is 0.407 e. The van der Waals surface area contributed by atoms with Crippen molar-refractivity contribution < 1.29 is 14.6 Å². The molecule has 0 spiro atoms. The van der Waals surface area contributed by atoms with Gasteiger partial charge in [-0.1, -0.05) is 56.3 Å². The Morgan fingerprint density at radius 3 is 2.33 bits per heavy atom. The van der Waals surface area contributed by atoms with Crippen LogP contribution in [0.1, 0.15) is 46.6 Å². The first-order valence-corrected chi connectivity index (χ1v) is 8.47. The van der Waals surface area contributed by atoms with E-state index in [4.69, 9.17) is 4.74 Å². The maximum atomic E-state index is 12.1. The minimum atomic E-state index is -0.715. The number of hydrogen-bond donors (Lipinski definition) is 2. The number of aliphatic hydroxyl groups excluding tert-OH is 1. The highest BCUT2D eigenvalue weighted by Crippen LogP contribution is 2.18. The number of amides is 1. The van der Waals surface area contributed by atoms with E-state index >= 15 is 0 Å². The van der Waals surface area contributed by atoms with Gasteiger partial charge in [0.1, 0.15) is 5.60 Å². The molecule has 0 unspecified atom stereocenters. The molecule has 0 aliphatic carbocycles. The number of aliphatic hydroxyl groups is 1. The van der Waals surface area contributed by atoms with Gasteiger partial charge in [0.05, 0.1) is 12.1 Å². The summed E-state index contributed by atoms with van der Waals surface area (Å²) in [7, 11) is 0. The molecule has 0 saturated carbocycles. The van der Waals surface area contributed by atoms with E-state index < -0.39 is 23.8 Å². The van der Waals surface area contributed by atoms with Crippen LogP contribution in [0.25, 0.3) is 0 Å². The van der Waals surface area contributed by atoms with Crippen molar-refractivity contribution in [2.24, 2.45) is 5.92 Å². The van der Waals surface area contributed by atoms with E-state index in [0.717, 1.165) is 11.1 Å². The van der Waals surface area contributed by atoms with Crippen molar-refractivity contribution in [1.29, 1.82) is 0 Å². The van der Waals surface area contributed by atoms with Crippen molar-refractivity contribution in [3.05, 3.63) is 48.0 Å². The standard InChI is InChI=1S/C20H31NO3/c1-14(2)15(3)12-18(22)17(13-16-10-8-7-9-11-16)21-19(23)24-20(4,5)6/h7-11,14,17-18,22H,3,12-13H2,1-2,4-6H3,(H,21,23)/t17-,18+/m0/s1. The van der Waals surface area contributed by atoms with Crippen LogP contribution in [0.2, 0.25) is 0 Å². The summed E-state index contributed by atoms with van der Waals surface area (Å²) >= 11 is 0. The number of nitrogens with one attached hydrogen (secondary N) is 1. The van der Waals surface area contributed by atoms with Gasteiger partial charge in [-0.25, -0.2) is 4.79 Å². The summed E-state index contributed by atoms with van der Waals surface area (Å²) in [5.74, 6) is 0.290. The Morgan fingerprint density at radius 1 is 1.25 bits per heavy atom. The number of alkyl carbamates (subject to hydrolysis) is 1. The molecule has 24 heavy (non-hydrogen) atoms. The van der Waals surface area contributed by atoms with Gasteiger partial charge < -0.3 is 15.2 Å². The third-order valence-corrected chi connectivity index (χ3v) is 3.75. The number of carbonyl (C=O) groups is 1. The highest BCUT2D eigenvalue weighted by atomic mass is 16.6. The molecule has 0 heterocycles. The predicted octanol–water partition coefficient (Wildman–Crippen LogP) is 4.09. The summed E-state index contributed by atoms with van der Waals surface area (Å²) in [5.41, 5.74) is 1.44. The number of benzene rings is 1. The van der Waals surface area contributed by atoms with Crippen LogP contribution < -0.4 is 5.32 Å². The first-order chi connectivity index (χ1) is 11.1. The van der Waals surface area contributed by atoms with Crippen LogP contribution in [0.5, 0.6) is 0 Å². The molecule has 1 rings (SSSR count). The molecule has 0 aliphatic rings. The van der Waals surface area contributed by atoms with Crippen LogP contribution in [-0.4, -0.2) is 28.9 Å². The van der Waals surface area contributed by atoms with Crippen LogP contribution in [0.15, 0.2) is 42.5 Å². The molecule has 0 radical (unpaired) electrons. The monoisotopic (exact) mass is 333 g/mol. The first kappa shape index (κ1) is 20.2. The maximum Gasteiger partial charge on any atom is 0.407 e. The lowest BCUT2D eigenvalue weighted by Crippen LogP contribution is -2.47. The van der Waals surface area contributed by atoms with E-state index in [1.807, 2.05) is 65.0 Å². The number of carbonyl (C=O) groups excluding carboxylic acids is 1. The molecular weight excluding hydrogens is 302 g/mol. The Bertz CT molecular complexity index is 532.